The molecule has 0 aliphatic heterocycles. The molecule has 0 fully saturated rings. The molecular formula is C12H18O5. The molecule has 0 saturated heterocycles. The fourth-order valence-electron chi connectivity index (χ4n) is 1.32. The average molecular weight is 242 g/mol. The van der Waals surface area contributed by atoms with Gasteiger partial charge < -0.3 is 24.1 Å². The van der Waals surface area contributed by atoms with Crippen molar-refractivity contribution in [3.05, 3.63) is 12.1 Å². The Balaban J connectivity index is 3.01. The van der Waals surface area contributed by atoms with Crippen molar-refractivity contribution >= 4 is 0 Å². The topological polar surface area (TPSA) is 57.2 Å². The van der Waals surface area contributed by atoms with Crippen LogP contribution in [0.3, 0.4) is 0 Å². The van der Waals surface area contributed by atoms with Gasteiger partial charge in [-0.2, -0.15) is 0 Å². The number of ether oxygens (including phenoxy) is 4. The first-order valence-electron chi connectivity index (χ1n) is 5.23. The van der Waals surface area contributed by atoms with Gasteiger partial charge in [0.25, 0.3) is 0 Å². The molecule has 0 amide bonds. The van der Waals surface area contributed by atoms with Crippen molar-refractivity contribution in [3.8, 4) is 23.0 Å². The third kappa shape index (κ3) is 3.42. The molecule has 0 saturated carbocycles. The molecule has 1 N–H and O–H groups in total. The summed E-state index contributed by atoms with van der Waals surface area (Å²) in [6.45, 7) is 1.83. The Labute approximate surface area is 101 Å². The third-order valence-corrected chi connectivity index (χ3v) is 2.15. The van der Waals surface area contributed by atoms with Gasteiger partial charge in [-0.1, -0.05) is 0 Å². The van der Waals surface area contributed by atoms with Crippen LogP contribution in [0.25, 0.3) is 0 Å². The van der Waals surface area contributed by atoms with E-state index in [0.717, 1.165) is 0 Å². The molecule has 0 bridgehead atoms. The number of aliphatic hydroxyl groups excluding tert-OH is 1. The molecule has 1 unspecified atom stereocenters. The van der Waals surface area contributed by atoms with Gasteiger partial charge >= 0.3 is 0 Å². The number of rotatable bonds is 6. The largest absolute Gasteiger partial charge is 0.493 e. The van der Waals surface area contributed by atoms with Gasteiger partial charge in [-0.25, -0.2) is 0 Å². The van der Waals surface area contributed by atoms with E-state index in [1.54, 1.807) is 33.3 Å². The second-order valence-electron chi connectivity index (χ2n) is 3.52. The van der Waals surface area contributed by atoms with Crippen molar-refractivity contribution in [2.75, 3.05) is 27.9 Å². The minimum atomic E-state index is -0.548. The summed E-state index contributed by atoms with van der Waals surface area (Å²) in [7, 11) is 4.63. The van der Waals surface area contributed by atoms with Gasteiger partial charge in [0.05, 0.1) is 27.4 Å². The van der Waals surface area contributed by atoms with Crippen molar-refractivity contribution in [2.45, 2.75) is 13.0 Å². The number of hydrogen-bond donors (Lipinski definition) is 1. The third-order valence-electron chi connectivity index (χ3n) is 2.15. The van der Waals surface area contributed by atoms with Gasteiger partial charge in [0.15, 0.2) is 23.0 Å². The van der Waals surface area contributed by atoms with Crippen LogP contribution >= 0.6 is 0 Å². The average Bonchev–Trinajstić information content (AvgIpc) is 2.34. The van der Waals surface area contributed by atoms with Gasteiger partial charge in [0, 0.05) is 12.1 Å². The summed E-state index contributed by atoms with van der Waals surface area (Å²) in [5, 5.41) is 9.18. The molecule has 17 heavy (non-hydrogen) atoms. The van der Waals surface area contributed by atoms with Crippen molar-refractivity contribution in [1.29, 1.82) is 0 Å². The maximum atomic E-state index is 9.18. The number of hydrogen-bond acceptors (Lipinski definition) is 5. The molecule has 0 aliphatic rings. The van der Waals surface area contributed by atoms with E-state index in [4.69, 9.17) is 18.9 Å². The first kappa shape index (κ1) is 13.4. The highest BCUT2D eigenvalue weighted by Gasteiger charge is 2.13. The van der Waals surface area contributed by atoms with Crippen LogP contribution in [0.4, 0.5) is 0 Å². The molecule has 1 rings (SSSR count). The molecular weight excluding hydrogens is 224 g/mol. The van der Waals surface area contributed by atoms with Crippen LogP contribution in [0.15, 0.2) is 12.1 Å². The van der Waals surface area contributed by atoms with Crippen molar-refractivity contribution in [2.24, 2.45) is 0 Å². The Bertz CT molecular complexity index is 362. The van der Waals surface area contributed by atoms with Crippen LogP contribution in [0, 0.1) is 0 Å². The number of aliphatic hydroxyl groups is 1. The van der Waals surface area contributed by atoms with E-state index in [9.17, 15) is 5.11 Å². The minimum Gasteiger partial charge on any atom is -0.493 e. The Morgan fingerprint density at radius 3 is 1.76 bits per heavy atom. The van der Waals surface area contributed by atoms with E-state index in [-0.39, 0.29) is 6.61 Å². The predicted molar refractivity (Wildman–Crippen MR) is 63.3 cm³/mol. The summed E-state index contributed by atoms with van der Waals surface area (Å²) in [4.78, 5) is 0. The summed E-state index contributed by atoms with van der Waals surface area (Å²) < 4.78 is 20.9. The van der Waals surface area contributed by atoms with E-state index >= 15 is 0 Å². The highest BCUT2D eigenvalue weighted by molar-refractivity contribution is 5.54. The van der Waals surface area contributed by atoms with E-state index in [1.807, 2.05) is 0 Å². The summed E-state index contributed by atoms with van der Waals surface area (Å²) in [5.41, 5.74) is 0. The van der Waals surface area contributed by atoms with Crippen molar-refractivity contribution in [1.82, 2.24) is 0 Å². The van der Waals surface area contributed by atoms with Crippen molar-refractivity contribution < 1.29 is 24.1 Å². The fourth-order valence-corrected chi connectivity index (χ4v) is 1.32. The zero-order valence-electron chi connectivity index (χ0n) is 10.5. The molecule has 0 heterocycles. The smallest absolute Gasteiger partial charge is 0.165 e. The van der Waals surface area contributed by atoms with E-state index in [0.29, 0.717) is 23.0 Å². The van der Waals surface area contributed by atoms with Crippen LogP contribution in [0.2, 0.25) is 0 Å². The standard InChI is InChI=1S/C12H18O5/c1-8(13)7-17-12-6-10(15-3)9(14-2)5-11(12)16-4/h5-6,8,13H,7H2,1-4H3. The zero-order chi connectivity index (χ0) is 12.8. The SMILES string of the molecule is COc1cc(OC)c(OCC(C)O)cc1OC. The molecule has 96 valence electrons. The normalized spacial score (nSPS) is 11.8. The van der Waals surface area contributed by atoms with Crippen LogP contribution in [-0.4, -0.2) is 39.1 Å². The number of benzene rings is 1. The van der Waals surface area contributed by atoms with Crippen LogP contribution in [-0.2, 0) is 0 Å². The van der Waals surface area contributed by atoms with Crippen LogP contribution in [0.5, 0.6) is 23.0 Å². The zero-order valence-corrected chi connectivity index (χ0v) is 10.5. The van der Waals surface area contributed by atoms with Gasteiger partial charge in [0.2, 0.25) is 0 Å². The monoisotopic (exact) mass is 242 g/mol. The number of methoxy groups -OCH3 is 3. The lowest BCUT2D eigenvalue weighted by Gasteiger charge is -2.15. The maximum Gasteiger partial charge on any atom is 0.165 e. The van der Waals surface area contributed by atoms with Gasteiger partial charge in [-0.05, 0) is 6.92 Å². The van der Waals surface area contributed by atoms with Crippen molar-refractivity contribution in [3.63, 3.8) is 0 Å². The maximum absolute atomic E-state index is 9.18. The quantitative estimate of drug-likeness (QED) is 0.818. The fraction of sp³-hybridized carbons (Fsp3) is 0.500. The summed E-state index contributed by atoms with van der Waals surface area (Å²) >= 11 is 0. The first-order chi connectivity index (χ1) is 8.12. The Morgan fingerprint density at radius 1 is 0.941 bits per heavy atom. The second kappa shape index (κ2) is 6.20. The molecule has 1 atom stereocenters. The molecule has 5 nitrogen and oxygen atoms in total. The molecule has 1 aromatic carbocycles. The Hall–Kier alpha value is -1.62. The lowest BCUT2D eigenvalue weighted by Crippen LogP contribution is -2.13. The minimum absolute atomic E-state index is 0.186. The summed E-state index contributed by atoms with van der Waals surface area (Å²) in [6, 6.07) is 3.34. The van der Waals surface area contributed by atoms with Gasteiger partial charge in [-0.3, -0.25) is 0 Å². The lowest BCUT2D eigenvalue weighted by molar-refractivity contribution is 0.120. The molecule has 0 aromatic heterocycles. The Kier molecular flexibility index (Phi) is 4.90. The Morgan fingerprint density at radius 2 is 1.35 bits per heavy atom. The van der Waals surface area contributed by atoms with E-state index < -0.39 is 6.10 Å². The summed E-state index contributed by atoms with van der Waals surface area (Å²) in [6.07, 6.45) is -0.548. The summed E-state index contributed by atoms with van der Waals surface area (Å²) in [5.74, 6) is 2.15. The highest BCUT2D eigenvalue weighted by atomic mass is 16.5. The molecule has 5 heteroatoms. The molecule has 0 spiro atoms. The molecule has 0 radical (unpaired) electrons. The molecule has 0 aliphatic carbocycles. The first-order valence-corrected chi connectivity index (χ1v) is 5.23. The lowest BCUT2D eigenvalue weighted by atomic mass is 10.2. The van der Waals surface area contributed by atoms with E-state index in [2.05, 4.69) is 0 Å². The van der Waals surface area contributed by atoms with Crippen LogP contribution < -0.4 is 18.9 Å². The predicted octanol–water partition coefficient (Wildman–Crippen LogP) is 1.47. The van der Waals surface area contributed by atoms with Crippen LogP contribution in [0.1, 0.15) is 6.92 Å². The molecule has 1 aromatic rings. The highest BCUT2D eigenvalue weighted by Crippen LogP contribution is 2.39. The van der Waals surface area contributed by atoms with E-state index in [1.165, 1.54) is 7.11 Å². The van der Waals surface area contributed by atoms with Gasteiger partial charge in [-0.15, -0.1) is 0 Å². The second-order valence-corrected chi connectivity index (χ2v) is 3.52. The van der Waals surface area contributed by atoms with Gasteiger partial charge in [0.1, 0.15) is 6.61 Å².